The first-order chi connectivity index (χ1) is 10.5. The smallest absolute Gasteiger partial charge is 0.146 e. The third-order valence-electron chi connectivity index (χ3n) is 3.90. The Balaban J connectivity index is 2.18. The molecule has 1 N–H and O–H groups in total. The van der Waals surface area contributed by atoms with Gasteiger partial charge < -0.3 is 10.1 Å². The van der Waals surface area contributed by atoms with Crippen LogP contribution in [0.4, 0.5) is 4.39 Å². The van der Waals surface area contributed by atoms with Crippen LogP contribution < -0.4 is 10.1 Å². The van der Waals surface area contributed by atoms with E-state index in [2.05, 4.69) is 31.1 Å². The number of nitrogens with one attached hydrogen (secondary N) is 1. The van der Waals surface area contributed by atoms with Gasteiger partial charge in [0.05, 0.1) is 18.5 Å². The van der Waals surface area contributed by atoms with Crippen LogP contribution in [0.1, 0.15) is 26.5 Å². The lowest BCUT2D eigenvalue weighted by Crippen LogP contribution is -2.30. The van der Waals surface area contributed by atoms with Crippen LogP contribution >= 0.6 is 0 Å². The maximum Gasteiger partial charge on any atom is 0.146 e. The van der Waals surface area contributed by atoms with Crippen molar-refractivity contribution >= 4 is 0 Å². The lowest BCUT2D eigenvalue weighted by atomic mass is 10.1. The molecule has 4 heteroatoms. The first-order valence-electron chi connectivity index (χ1n) is 7.54. The quantitative estimate of drug-likeness (QED) is 0.874. The zero-order chi connectivity index (χ0) is 16.1. The summed E-state index contributed by atoms with van der Waals surface area (Å²) < 4.78 is 19.1. The fourth-order valence-electron chi connectivity index (χ4n) is 2.02. The van der Waals surface area contributed by atoms with Crippen molar-refractivity contribution < 1.29 is 9.13 Å². The molecule has 2 rings (SSSR count). The normalized spacial score (nSPS) is 12.5. The van der Waals surface area contributed by atoms with Crippen molar-refractivity contribution in [2.24, 2.45) is 5.92 Å². The Hall–Kier alpha value is -1.94. The number of aromatic nitrogens is 1. The van der Waals surface area contributed by atoms with Gasteiger partial charge in [-0.05, 0) is 49.2 Å². The van der Waals surface area contributed by atoms with Crippen molar-refractivity contribution in [3.05, 3.63) is 47.9 Å². The molecule has 0 aliphatic rings. The molecule has 0 bridgehead atoms. The summed E-state index contributed by atoms with van der Waals surface area (Å²) in [4.78, 5) is 4.45. The Morgan fingerprint density at radius 2 is 1.77 bits per heavy atom. The number of hydrogen-bond donors (Lipinski definition) is 1. The van der Waals surface area contributed by atoms with Gasteiger partial charge in [-0.25, -0.2) is 9.37 Å². The molecule has 0 saturated heterocycles. The van der Waals surface area contributed by atoms with Gasteiger partial charge in [0, 0.05) is 18.2 Å². The van der Waals surface area contributed by atoms with E-state index in [1.165, 1.54) is 6.07 Å². The van der Waals surface area contributed by atoms with E-state index in [0.29, 0.717) is 24.2 Å². The van der Waals surface area contributed by atoms with Gasteiger partial charge in [-0.1, -0.05) is 13.8 Å². The Kier molecular flexibility index (Phi) is 5.50. The van der Waals surface area contributed by atoms with Gasteiger partial charge in [0.2, 0.25) is 0 Å². The number of halogens is 1. The molecule has 1 aromatic carbocycles. The minimum atomic E-state index is -0.277. The number of hydrogen-bond acceptors (Lipinski definition) is 3. The first-order valence-corrected chi connectivity index (χ1v) is 7.54. The van der Waals surface area contributed by atoms with Crippen molar-refractivity contribution in [3.63, 3.8) is 0 Å². The van der Waals surface area contributed by atoms with Crippen LogP contribution in [0.3, 0.4) is 0 Å². The highest BCUT2D eigenvalue weighted by atomic mass is 19.1. The maximum atomic E-state index is 13.9. The number of pyridine rings is 1. The topological polar surface area (TPSA) is 34.1 Å². The lowest BCUT2D eigenvalue weighted by Gasteiger charge is -2.17. The van der Waals surface area contributed by atoms with E-state index in [1.54, 1.807) is 13.2 Å². The lowest BCUT2D eigenvalue weighted by molar-refractivity contribution is 0.415. The van der Waals surface area contributed by atoms with Gasteiger partial charge in [-0.2, -0.15) is 0 Å². The molecule has 0 amide bonds. The van der Waals surface area contributed by atoms with E-state index in [4.69, 9.17) is 4.74 Å². The molecule has 3 nitrogen and oxygen atoms in total. The van der Waals surface area contributed by atoms with Crippen LogP contribution in [0.25, 0.3) is 11.3 Å². The van der Waals surface area contributed by atoms with Gasteiger partial charge in [-0.3, -0.25) is 0 Å². The molecule has 1 atom stereocenters. The average molecular weight is 302 g/mol. The van der Waals surface area contributed by atoms with Gasteiger partial charge >= 0.3 is 0 Å². The summed E-state index contributed by atoms with van der Waals surface area (Å²) in [5.74, 6) is 1.01. The fourth-order valence-corrected chi connectivity index (χ4v) is 2.02. The summed E-state index contributed by atoms with van der Waals surface area (Å²) >= 11 is 0. The zero-order valence-electron chi connectivity index (χ0n) is 13.6. The van der Waals surface area contributed by atoms with Crippen LogP contribution in [-0.2, 0) is 6.54 Å². The van der Waals surface area contributed by atoms with Gasteiger partial charge in [0.25, 0.3) is 0 Å². The molecule has 1 aromatic heterocycles. The minimum Gasteiger partial charge on any atom is -0.497 e. The highest BCUT2D eigenvalue weighted by Gasteiger charge is 2.11. The Labute approximate surface area is 131 Å². The second-order valence-electron chi connectivity index (χ2n) is 5.77. The van der Waals surface area contributed by atoms with Crippen LogP contribution in [0.5, 0.6) is 5.75 Å². The third kappa shape index (κ3) is 4.04. The summed E-state index contributed by atoms with van der Waals surface area (Å²) in [6.45, 7) is 6.79. The molecule has 118 valence electrons. The molecule has 0 spiro atoms. The van der Waals surface area contributed by atoms with Crippen LogP contribution in [0.2, 0.25) is 0 Å². The second kappa shape index (κ2) is 7.36. The molecular weight excluding hydrogens is 279 g/mol. The van der Waals surface area contributed by atoms with E-state index in [0.717, 1.165) is 17.0 Å². The Morgan fingerprint density at radius 1 is 1.09 bits per heavy atom. The van der Waals surface area contributed by atoms with E-state index in [9.17, 15) is 4.39 Å². The zero-order valence-corrected chi connectivity index (χ0v) is 13.6. The molecular formula is C18H23FN2O. The van der Waals surface area contributed by atoms with Crippen LogP contribution in [0, 0.1) is 11.7 Å². The highest BCUT2D eigenvalue weighted by Crippen LogP contribution is 2.22. The van der Waals surface area contributed by atoms with Crippen molar-refractivity contribution in [1.29, 1.82) is 0 Å². The predicted molar refractivity (Wildman–Crippen MR) is 87.3 cm³/mol. The van der Waals surface area contributed by atoms with Crippen LogP contribution in [0.15, 0.2) is 36.4 Å². The van der Waals surface area contributed by atoms with Crippen molar-refractivity contribution in [3.8, 4) is 17.0 Å². The van der Waals surface area contributed by atoms with E-state index in [1.807, 2.05) is 24.3 Å². The standard InChI is InChI=1S/C18H23FN2O/c1-12(2)13(3)20-11-18-16(19)9-10-17(21-18)14-5-7-15(22-4)8-6-14/h5-10,12-13,20H,11H2,1-4H3/t13-/m1/s1. The summed E-state index contributed by atoms with van der Waals surface area (Å²) in [5, 5.41) is 3.31. The summed E-state index contributed by atoms with van der Waals surface area (Å²) in [7, 11) is 1.63. The number of benzene rings is 1. The maximum absolute atomic E-state index is 13.9. The van der Waals surface area contributed by atoms with Gasteiger partial charge in [-0.15, -0.1) is 0 Å². The summed E-state index contributed by atoms with van der Waals surface area (Å²) in [5.41, 5.74) is 2.15. The molecule has 0 unspecified atom stereocenters. The summed E-state index contributed by atoms with van der Waals surface area (Å²) in [6, 6.07) is 11.1. The molecule has 22 heavy (non-hydrogen) atoms. The van der Waals surface area contributed by atoms with Gasteiger partial charge in [0.1, 0.15) is 11.6 Å². The molecule has 0 aliphatic carbocycles. The minimum absolute atomic E-state index is 0.277. The fraction of sp³-hybridized carbons (Fsp3) is 0.389. The SMILES string of the molecule is COc1ccc(-c2ccc(F)c(CN[C@H](C)C(C)C)n2)cc1. The van der Waals surface area contributed by atoms with Gasteiger partial charge in [0.15, 0.2) is 0 Å². The van der Waals surface area contributed by atoms with E-state index in [-0.39, 0.29) is 5.82 Å². The van der Waals surface area contributed by atoms with Crippen LogP contribution in [-0.4, -0.2) is 18.1 Å². The largest absolute Gasteiger partial charge is 0.497 e. The number of rotatable bonds is 6. The number of nitrogens with zero attached hydrogens (tertiary/aromatic N) is 1. The van der Waals surface area contributed by atoms with Crippen molar-refractivity contribution in [2.45, 2.75) is 33.4 Å². The molecule has 0 aliphatic heterocycles. The molecule has 1 heterocycles. The van der Waals surface area contributed by atoms with Crippen molar-refractivity contribution in [1.82, 2.24) is 10.3 Å². The monoisotopic (exact) mass is 302 g/mol. The van der Waals surface area contributed by atoms with Crippen molar-refractivity contribution in [2.75, 3.05) is 7.11 Å². The Morgan fingerprint density at radius 3 is 2.36 bits per heavy atom. The number of methoxy groups -OCH3 is 1. The third-order valence-corrected chi connectivity index (χ3v) is 3.90. The van der Waals surface area contributed by atoms with E-state index < -0.39 is 0 Å². The molecule has 0 saturated carbocycles. The summed E-state index contributed by atoms with van der Waals surface area (Å²) in [6.07, 6.45) is 0. The first kappa shape index (κ1) is 16.4. The molecule has 2 aromatic rings. The van der Waals surface area contributed by atoms with E-state index >= 15 is 0 Å². The highest BCUT2D eigenvalue weighted by molar-refractivity contribution is 5.60. The predicted octanol–water partition coefficient (Wildman–Crippen LogP) is 4.03. The molecule has 0 fully saturated rings. The molecule has 0 radical (unpaired) electrons. The average Bonchev–Trinajstić information content (AvgIpc) is 2.53. The Bertz CT molecular complexity index is 611. The number of ether oxygens (including phenoxy) is 1. The second-order valence-corrected chi connectivity index (χ2v) is 5.77.